The number of hydrogen-bond acceptors (Lipinski definition) is 5. The van der Waals surface area contributed by atoms with Gasteiger partial charge in [-0.3, -0.25) is 14.6 Å². The van der Waals surface area contributed by atoms with Crippen LogP contribution in [0.5, 0.6) is 5.75 Å². The van der Waals surface area contributed by atoms with Gasteiger partial charge < -0.3 is 14.6 Å². The van der Waals surface area contributed by atoms with Crippen molar-refractivity contribution in [3.8, 4) is 5.75 Å². The van der Waals surface area contributed by atoms with E-state index in [0.29, 0.717) is 22.4 Å². The summed E-state index contributed by atoms with van der Waals surface area (Å²) in [5, 5.41) is 3.16. The lowest BCUT2D eigenvalue weighted by molar-refractivity contribution is 0.102. The van der Waals surface area contributed by atoms with Crippen molar-refractivity contribution in [3.05, 3.63) is 113 Å². The number of rotatable bonds is 6. The van der Waals surface area contributed by atoms with Crippen molar-refractivity contribution in [2.45, 2.75) is 11.1 Å². The number of pyridine rings is 1. The van der Waals surface area contributed by atoms with Crippen LogP contribution < -0.4 is 10.1 Å². The summed E-state index contributed by atoms with van der Waals surface area (Å²) in [7, 11) is 1.58. The van der Waals surface area contributed by atoms with E-state index in [-0.39, 0.29) is 17.1 Å². The van der Waals surface area contributed by atoms with Crippen LogP contribution in [-0.4, -0.2) is 28.4 Å². The first-order chi connectivity index (χ1) is 16.1. The van der Waals surface area contributed by atoms with E-state index in [1.807, 2.05) is 24.5 Å². The molecule has 0 spiro atoms. The zero-order valence-corrected chi connectivity index (χ0v) is 18.7. The number of fused-ring (bicyclic) bond motifs is 1. The van der Waals surface area contributed by atoms with Gasteiger partial charge in [-0.15, -0.1) is 11.8 Å². The molecule has 2 aromatic carbocycles. The third kappa shape index (κ3) is 4.15. The number of methoxy groups -OCH3 is 1. The van der Waals surface area contributed by atoms with Gasteiger partial charge >= 0.3 is 0 Å². The molecule has 0 saturated heterocycles. The van der Waals surface area contributed by atoms with Gasteiger partial charge in [0.1, 0.15) is 11.1 Å². The highest BCUT2D eigenvalue weighted by Crippen LogP contribution is 2.43. The summed E-state index contributed by atoms with van der Waals surface area (Å²) >= 11 is 1.79. The van der Waals surface area contributed by atoms with Crippen LogP contribution in [0.3, 0.4) is 0 Å². The number of ether oxygens (including phenoxy) is 1. The lowest BCUT2D eigenvalue weighted by atomic mass is 10.0. The number of benzene rings is 2. The van der Waals surface area contributed by atoms with Crippen LogP contribution in [0.1, 0.15) is 42.9 Å². The van der Waals surface area contributed by atoms with Crippen LogP contribution in [0, 0.1) is 0 Å². The molecule has 1 aliphatic rings. The van der Waals surface area contributed by atoms with Crippen molar-refractivity contribution in [3.63, 3.8) is 0 Å². The summed E-state index contributed by atoms with van der Waals surface area (Å²) < 4.78 is 7.32. The number of nitrogens with one attached hydrogen (secondary N) is 1. The Morgan fingerprint density at radius 1 is 1.03 bits per heavy atom. The zero-order chi connectivity index (χ0) is 22.8. The molecule has 2 aromatic heterocycles. The average Bonchev–Trinajstić information content (AvgIpc) is 3.47. The lowest BCUT2D eigenvalue weighted by Gasteiger charge is -2.12. The molecule has 6 nitrogen and oxygen atoms in total. The van der Waals surface area contributed by atoms with Crippen molar-refractivity contribution >= 4 is 29.1 Å². The Kier molecular flexibility index (Phi) is 5.71. The fourth-order valence-corrected chi connectivity index (χ4v) is 5.20. The molecule has 0 radical (unpaired) electrons. The van der Waals surface area contributed by atoms with Gasteiger partial charge in [-0.05, 0) is 48.5 Å². The molecule has 4 aromatic rings. The number of anilines is 1. The first-order valence-corrected chi connectivity index (χ1v) is 11.5. The number of carbonyl (C=O) groups excluding carboxylic acids is 2. The van der Waals surface area contributed by atoms with E-state index in [0.717, 1.165) is 22.7 Å². The topological polar surface area (TPSA) is 73.2 Å². The van der Waals surface area contributed by atoms with E-state index < -0.39 is 0 Å². The van der Waals surface area contributed by atoms with E-state index in [4.69, 9.17) is 4.74 Å². The molecular weight excluding hydrogens is 434 g/mol. The Bertz CT molecular complexity index is 1320. The standard InChI is InChI=1S/C26H21N3O3S/c1-32-21-9-7-17(8-10-21)24(30)18-4-2-5-19(14-18)25(31)28-22-11-13-29-23(22)16-33-26(29)20-6-3-12-27-15-20/h2-15,26H,16H2,1H3,(H,28,31). The highest BCUT2D eigenvalue weighted by atomic mass is 32.2. The zero-order valence-electron chi connectivity index (χ0n) is 17.9. The third-order valence-corrected chi connectivity index (χ3v) is 6.87. The second-order valence-electron chi connectivity index (χ2n) is 7.63. The van der Waals surface area contributed by atoms with Crippen LogP contribution in [-0.2, 0) is 5.75 Å². The Labute approximate surface area is 195 Å². The number of hydrogen-bond donors (Lipinski definition) is 1. The van der Waals surface area contributed by atoms with Gasteiger partial charge in [0, 0.05) is 46.6 Å². The quantitative estimate of drug-likeness (QED) is 0.406. The summed E-state index contributed by atoms with van der Waals surface area (Å²) in [5.41, 5.74) is 4.40. The summed E-state index contributed by atoms with van der Waals surface area (Å²) in [4.78, 5) is 30.1. The summed E-state index contributed by atoms with van der Waals surface area (Å²) in [6, 6.07) is 19.6. The Morgan fingerprint density at radius 2 is 1.85 bits per heavy atom. The Balaban J connectivity index is 1.34. The first kappa shape index (κ1) is 21.0. The second-order valence-corrected chi connectivity index (χ2v) is 8.69. The SMILES string of the molecule is COc1ccc(C(=O)c2cccc(C(=O)Nc3ccn4c3CSC4c3cccnc3)c2)cc1. The highest BCUT2D eigenvalue weighted by molar-refractivity contribution is 7.99. The predicted molar refractivity (Wildman–Crippen MR) is 129 cm³/mol. The average molecular weight is 456 g/mol. The van der Waals surface area contributed by atoms with Crippen LogP contribution in [0.4, 0.5) is 5.69 Å². The normalized spacial score (nSPS) is 14.5. The maximum absolute atomic E-state index is 13.0. The van der Waals surface area contributed by atoms with Crippen molar-refractivity contribution in [1.29, 1.82) is 0 Å². The molecule has 164 valence electrons. The molecule has 0 aliphatic carbocycles. The van der Waals surface area contributed by atoms with Gasteiger partial charge in [0.05, 0.1) is 18.5 Å². The minimum atomic E-state index is -0.247. The minimum absolute atomic E-state index is 0.143. The molecule has 3 heterocycles. The predicted octanol–water partition coefficient (Wildman–Crippen LogP) is 5.17. The lowest BCUT2D eigenvalue weighted by Crippen LogP contribution is -2.14. The Hall–Kier alpha value is -3.84. The molecule has 1 aliphatic heterocycles. The van der Waals surface area contributed by atoms with E-state index >= 15 is 0 Å². The van der Waals surface area contributed by atoms with Gasteiger partial charge in [0.2, 0.25) is 0 Å². The number of ketones is 1. The molecule has 0 fully saturated rings. The maximum Gasteiger partial charge on any atom is 0.255 e. The van der Waals surface area contributed by atoms with Crippen molar-refractivity contribution in [2.24, 2.45) is 0 Å². The molecule has 1 N–H and O–H groups in total. The van der Waals surface area contributed by atoms with Crippen molar-refractivity contribution in [2.75, 3.05) is 12.4 Å². The van der Waals surface area contributed by atoms with Crippen LogP contribution >= 0.6 is 11.8 Å². The number of aromatic nitrogens is 2. The summed E-state index contributed by atoms with van der Waals surface area (Å²) in [6.45, 7) is 0. The molecule has 5 rings (SSSR count). The fourth-order valence-electron chi connectivity index (χ4n) is 3.89. The molecule has 0 saturated carbocycles. The van der Waals surface area contributed by atoms with Crippen molar-refractivity contribution < 1.29 is 14.3 Å². The third-order valence-electron chi connectivity index (χ3n) is 5.61. The van der Waals surface area contributed by atoms with Crippen LogP contribution in [0.15, 0.2) is 85.3 Å². The van der Waals surface area contributed by atoms with Gasteiger partial charge in [-0.2, -0.15) is 0 Å². The highest BCUT2D eigenvalue weighted by Gasteiger charge is 2.27. The summed E-state index contributed by atoms with van der Waals surface area (Å²) in [6.07, 6.45) is 5.63. The van der Waals surface area contributed by atoms with Gasteiger partial charge in [0.25, 0.3) is 5.91 Å². The van der Waals surface area contributed by atoms with E-state index in [9.17, 15) is 9.59 Å². The van der Waals surface area contributed by atoms with E-state index in [2.05, 4.69) is 20.9 Å². The van der Waals surface area contributed by atoms with Gasteiger partial charge in [0.15, 0.2) is 5.78 Å². The number of nitrogens with zero attached hydrogens (tertiary/aromatic N) is 2. The van der Waals surface area contributed by atoms with Crippen LogP contribution in [0.2, 0.25) is 0 Å². The largest absolute Gasteiger partial charge is 0.497 e. The fraction of sp³-hybridized carbons (Fsp3) is 0.115. The smallest absolute Gasteiger partial charge is 0.255 e. The van der Waals surface area contributed by atoms with Crippen molar-refractivity contribution in [1.82, 2.24) is 9.55 Å². The number of amides is 1. The molecule has 7 heteroatoms. The maximum atomic E-state index is 13.0. The summed E-state index contributed by atoms with van der Waals surface area (Å²) in [5.74, 6) is 1.08. The number of thioether (sulfide) groups is 1. The molecule has 33 heavy (non-hydrogen) atoms. The molecule has 1 unspecified atom stereocenters. The van der Waals surface area contributed by atoms with Gasteiger partial charge in [-0.25, -0.2) is 0 Å². The van der Waals surface area contributed by atoms with Gasteiger partial charge in [-0.1, -0.05) is 18.2 Å². The monoisotopic (exact) mass is 455 g/mol. The minimum Gasteiger partial charge on any atom is -0.497 e. The van der Waals surface area contributed by atoms with Crippen LogP contribution in [0.25, 0.3) is 0 Å². The Morgan fingerprint density at radius 3 is 2.61 bits per heavy atom. The van der Waals surface area contributed by atoms with E-state index in [1.165, 1.54) is 0 Å². The first-order valence-electron chi connectivity index (χ1n) is 10.5. The van der Waals surface area contributed by atoms with E-state index in [1.54, 1.807) is 73.6 Å². The second kappa shape index (κ2) is 8.96. The molecular formula is C26H21N3O3S. The molecule has 1 amide bonds. The molecule has 0 bridgehead atoms. The number of carbonyl (C=O) groups is 2. The molecule has 1 atom stereocenters.